The zero-order valence-corrected chi connectivity index (χ0v) is 12.2. The van der Waals surface area contributed by atoms with E-state index in [4.69, 9.17) is 4.98 Å². The van der Waals surface area contributed by atoms with Crippen molar-refractivity contribution in [3.63, 3.8) is 0 Å². The van der Waals surface area contributed by atoms with Crippen LogP contribution in [0.15, 0.2) is 30.6 Å². The Balaban J connectivity index is 1.99. The van der Waals surface area contributed by atoms with Gasteiger partial charge in [0.05, 0.1) is 0 Å². The molecule has 0 unspecified atom stereocenters. The molecule has 3 rings (SSSR count). The normalized spacial score (nSPS) is 22.2. The molecule has 4 heteroatoms. The molecule has 104 valence electrons. The summed E-state index contributed by atoms with van der Waals surface area (Å²) in [4.78, 5) is 15.8. The highest BCUT2D eigenvalue weighted by Crippen LogP contribution is 2.29. The molecule has 4 nitrogen and oxygen atoms in total. The van der Waals surface area contributed by atoms with Crippen molar-refractivity contribution in [2.24, 2.45) is 5.92 Å². The van der Waals surface area contributed by atoms with Crippen LogP contribution in [0.25, 0.3) is 11.4 Å². The quantitative estimate of drug-likeness (QED) is 0.839. The molecule has 1 aliphatic heterocycles. The van der Waals surface area contributed by atoms with Crippen LogP contribution >= 0.6 is 0 Å². The van der Waals surface area contributed by atoms with E-state index < -0.39 is 0 Å². The Morgan fingerprint density at radius 2 is 1.90 bits per heavy atom. The third kappa shape index (κ3) is 2.50. The first kappa shape index (κ1) is 13.0. The van der Waals surface area contributed by atoms with Crippen LogP contribution in [-0.2, 0) is 0 Å². The van der Waals surface area contributed by atoms with Gasteiger partial charge < -0.3 is 4.90 Å². The van der Waals surface area contributed by atoms with Crippen LogP contribution in [0.5, 0.6) is 0 Å². The molecule has 1 fully saturated rings. The Kier molecular flexibility index (Phi) is 3.38. The molecule has 2 atom stereocenters. The Morgan fingerprint density at radius 1 is 1.15 bits per heavy atom. The average molecular weight is 268 g/mol. The number of nitrogens with zero attached hydrogens (tertiary/aromatic N) is 4. The molecule has 0 aromatic carbocycles. The molecule has 3 heterocycles. The fourth-order valence-corrected chi connectivity index (χ4v) is 2.95. The second kappa shape index (κ2) is 5.19. The molecule has 0 N–H and O–H groups in total. The van der Waals surface area contributed by atoms with Crippen molar-refractivity contribution >= 4 is 5.82 Å². The standard InChI is InChI=1S/C16H20N4/c1-11-8-13(3)20(10-11)15-9-12(2)18-16(19-15)14-4-6-17-7-5-14/h4-7,9,11,13H,8,10H2,1-3H3/t11-,13-/m0/s1. The van der Waals surface area contributed by atoms with Crippen LogP contribution in [0.4, 0.5) is 5.82 Å². The van der Waals surface area contributed by atoms with Gasteiger partial charge in [0.2, 0.25) is 0 Å². The molecular weight excluding hydrogens is 248 g/mol. The summed E-state index contributed by atoms with van der Waals surface area (Å²) in [6.07, 6.45) is 4.79. The van der Waals surface area contributed by atoms with Gasteiger partial charge in [0.1, 0.15) is 5.82 Å². The van der Waals surface area contributed by atoms with E-state index in [1.807, 2.05) is 19.1 Å². The van der Waals surface area contributed by atoms with E-state index in [9.17, 15) is 0 Å². The van der Waals surface area contributed by atoms with E-state index in [0.29, 0.717) is 6.04 Å². The summed E-state index contributed by atoms with van der Waals surface area (Å²) in [6, 6.07) is 6.53. The fourth-order valence-electron chi connectivity index (χ4n) is 2.95. The predicted octanol–water partition coefficient (Wildman–Crippen LogP) is 3.08. The number of rotatable bonds is 2. The van der Waals surface area contributed by atoms with Crippen LogP contribution < -0.4 is 4.90 Å². The molecule has 2 aromatic rings. The van der Waals surface area contributed by atoms with Crippen molar-refractivity contribution in [3.05, 3.63) is 36.3 Å². The van der Waals surface area contributed by atoms with Crippen molar-refractivity contribution in [2.45, 2.75) is 33.2 Å². The highest BCUT2D eigenvalue weighted by molar-refractivity contribution is 5.57. The molecule has 0 amide bonds. The van der Waals surface area contributed by atoms with Crippen LogP contribution in [0.2, 0.25) is 0 Å². The second-order valence-corrected chi connectivity index (χ2v) is 5.77. The molecule has 0 spiro atoms. The number of aromatic nitrogens is 3. The number of pyridine rings is 1. The van der Waals surface area contributed by atoms with Gasteiger partial charge in [0, 0.05) is 42.3 Å². The SMILES string of the molecule is Cc1cc(N2C[C@@H](C)C[C@@H]2C)nc(-c2ccncc2)n1. The molecule has 1 saturated heterocycles. The summed E-state index contributed by atoms with van der Waals surface area (Å²) in [5.41, 5.74) is 2.03. The first-order valence-corrected chi connectivity index (χ1v) is 7.16. The van der Waals surface area contributed by atoms with Crippen LogP contribution in [0.3, 0.4) is 0 Å². The maximum absolute atomic E-state index is 4.76. The van der Waals surface area contributed by atoms with E-state index in [-0.39, 0.29) is 0 Å². The maximum atomic E-state index is 4.76. The minimum atomic E-state index is 0.546. The van der Waals surface area contributed by atoms with Crippen molar-refractivity contribution in [1.82, 2.24) is 15.0 Å². The molecule has 0 bridgehead atoms. The Hall–Kier alpha value is -1.97. The van der Waals surface area contributed by atoms with E-state index in [1.165, 1.54) is 6.42 Å². The first-order valence-electron chi connectivity index (χ1n) is 7.16. The summed E-state index contributed by atoms with van der Waals surface area (Å²) in [5.74, 6) is 2.56. The largest absolute Gasteiger partial charge is 0.354 e. The van der Waals surface area contributed by atoms with E-state index in [2.05, 4.69) is 34.8 Å². The van der Waals surface area contributed by atoms with Gasteiger partial charge in [-0.3, -0.25) is 4.98 Å². The lowest BCUT2D eigenvalue weighted by atomic mass is 10.1. The van der Waals surface area contributed by atoms with Gasteiger partial charge in [-0.15, -0.1) is 0 Å². The lowest BCUT2D eigenvalue weighted by molar-refractivity contribution is 0.625. The molecular formula is C16H20N4. The van der Waals surface area contributed by atoms with Crippen molar-refractivity contribution in [2.75, 3.05) is 11.4 Å². The topological polar surface area (TPSA) is 41.9 Å². The minimum Gasteiger partial charge on any atom is -0.354 e. The van der Waals surface area contributed by atoms with Crippen LogP contribution in [0.1, 0.15) is 26.0 Å². The summed E-state index contributed by atoms with van der Waals surface area (Å²) in [7, 11) is 0. The Morgan fingerprint density at radius 3 is 2.55 bits per heavy atom. The van der Waals surface area contributed by atoms with Gasteiger partial charge in [0.25, 0.3) is 0 Å². The third-order valence-electron chi connectivity index (χ3n) is 3.86. The number of hydrogen-bond acceptors (Lipinski definition) is 4. The lowest BCUT2D eigenvalue weighted by Gasteiger charge is -2.23. The van der Waals surface area contributed by atoms with Crippen molar-refractivity contribution < 1.29 is 0 Å². The monoisotopic (exact) mass is 268 g/mol. The third-order valence-corrected chi connectivity index (χ3v) is 3.86. The molecule has 2 aromatic heterocycles. The Labute approximate surface area is 119 Å². The smallest absolute Gasteiger partial charge is 0.161 e. The van der Waals surface area contributed by atoms with Gasteiger partial charge in [-0.2, -0.15) is 0 Å². The van der Waals surface area contributed by atoms with Crippen molar-refractivity contribution in [3.8, 4) is 11.4 Å². The summed E-state index contributed by atoms with van der Waals surface area (Å²) in [5, 5.41) is 0. The Bertz CT molecular complexity index is 597. The van der Waals surface area contributed by atoms with E-state index >= 15 is 0 Å². The number of anilines is 1. The van der Waals surface area contributed by atoms with E-state index in [1.54, 1.807) is 12.4 Å². The van der Waals surface area contributed by atoms with Gasteiger partial charge in [-0.25, -0.2) is 9.97 Å². The van der Waals surface area contributed by atoms with Gasteiger partial charge in [0.15, 0.2) is 5.82 Å². The second-order valence-electron chi connectivity index (χ2n) is 5.77. The van der Waals surface area contributed by atoms with Gasteiger partial charge >= 0.3 is 0 Å². The zero-order valence-electron chi connectivity index (χ0n) is 12.2. The molecule has 0 saturated carbocycles. The molecule has 20 heavy (non-hydrogen) atoms. The highest BCUT2D eigenvalue weighted by atomic mass is 15.2. The van der Waals surface area contributed by atoms with E-state index in [0.717, 1.165) is 35.4 Å². The lowest BCUT2D eigenvalue weighted by Crippen LogP contribution is -2.27. The summed E-state index contributed by atoms with van der Waals surface area (Å²) in [6.45, 7) is 7.68. The van der Waals surface area contributed by atoms with Gasteiger partial charge in [-0.05, 0) is 38.3 Å². The molecule has 0 radical (unpaired) electrons. The molecule has 0 aliphatic carbocycles. The fraction of sp³-hybridized carbons (Fsp3) is 0.438. The van der Waals surface area contributed by atoms with Crippen LogP contribution in [0, 0.1) is 12.8 Å². The summed E-state index contributed by atoms with van der Waals surface area (Å²) < 4.78 is 0. The highest BCUT2D eigenvalue weighted by Gasteiger charge is 2.27. The van der Waals surface area contributed by atoms with Crippen LogP contribution in [-0.4, -0.2) is 27.5 Å². The number of aryl methyl sites for hydroxylation is 1. The minimum absolute atomic E-state index is 0.546. The van der Waals surface area contributed by atoms with Crippen molar-refractivity contribution in [1.29, 1.82) is 0 Å². The molecule has 1 aliphatic rings. The zero-order chi connectivity index (χ0) is 14.1. The first-order chi connectivity index (χ1) is 9.63. The maximum Gasteiger partial charge on any atom is 0.161 e. The predicted molar refractivity (Wildman–Crippen MR) is 80.6 cm³/mol. The average Bonchev–Trinajstić information content (AvgIpc) is 2.78. The number of hydrogen-bond donors (Lipinski definition) is 0. The van der Waals surface area contributed by atoms with Gasteiger partial charge in [-0.1, -0.05) is 6.92 Å². The summed E-state index contributed by atoms with van der Waals surface area (Å²) >= 11 is 0.